The van der Waals surface area contributed by atoms with E-state index in [0.717, 1.165) is 0 Å². The Kier molecular flexibility index (Phi) is 3.91. The topological polar surface area (TPSA) is 9.23 Å². The first-order chi connectivity index (χ1) is 5.88. The fraction of sp³-hybridized carbons (Fsp3) is 1.00. The fourth-order valence-corrected chi connectivity index (χ4v) is 0.353. The Morgan fingerprint density at radius 1 is 0.929 bits per heavy atom. The van der Waals surface area contributed by atoms with Gasteiger partial charge in [-0.2, -0.15) is 26.3 Å². The molecule has 0 aliphatic rings. The van der Waals surface area contributed by atoms with Crippen LogP contribution in [0.2, 0.25) is 0 Å². The zero-order chi connectivity index (χ0) is 11.8. The summed E-state index contributed by atoms with van der Waals surface area (Å²) in [5, 5.41) is 0. The lowest BCUT2D eigenvalue weighted by Gasteiger charge is -2.24. The van der Waals surface area contributed by atoms with Crippen molar-refractivity contribution >= 4 is 23.2 Å². The molecule has 0 aromatic rings. The van der Waals surface area contributed by atoms with Crippen LogP contribution in [0.25, 0.3) is 0 Å². The van der Waals surface area contributed by atoms with Gasteiger partial charge in [-0.1, -0.05) is 23.2 Å². The van der Waals surface area contributed by atoms with Crippen LogP contribution in [0.1, 0.15) is 0 Å². The SMILES string of the molecule is FC(OC(F)(F)C(F)(Cl)Cl)C(F)(F)F. The van der Waals surface area contributed by atoms with Crippen molar-refractivity contribution in [3.05, 3.63) is 0 Å². The van der Waals surface area contributed by atoms with E-state index < -0.39 is 23.2 Å². The van der Waals surface area contributed by atoms with Gasteiger partial charge in [-0.05, 0) is 0 Å². The largest absolute Gasteiger partial charge is 0.445 e. The van der Waals surface area contributed by atoms with Gasteiger partial charge in [0.15, 0.2) is 0 Å². The highest BCUT2D eigenvalue weighted by Gasteiger charge is 2.59. The Labute approximate surface area is 82.7 Å². The van der Waals surface area contributed by atoms with E-state index in [1.807, 2.05) is 0 Å². The average Bonchev–Trinajstić information content (AvgIpc) is 1.80. The van der Waals surface area contributed by atoms with E-state index in [1.165, 1.54) is 0 Å². The smallest absolute Gasteiger partial charge is 0.272 e. The zero-order valence-electron chi connectivity index (χ0n) is 5.89. The Hall–Kier alpha value is 0.0500. The first-order valence-corrected chi connectivity index (χ1v) is 3.46. The molecule has 0 rings (SSSR count). The number of halogens is 9. The van der Waals surface area contributed by atoms with Gasteiger partial charge < -0.3 is 0 Å². The molecular weight excluding hydrogens is 268 g/mol. The van der Waals surface area contributed by atoms with Gasteiger partial charge in [0.05, 0.1) is 0 Å². The number of hydrogen-bond donors (Lipinski definition) is 0. The van der Waals surface area contributed by atoms with Crippen LogP contribution in [0, 0.1) is 0 Å². The highest BCUT2D eigenvalue weighted by Crippen LogP contribution is 2.43. The van der Waals surface area contributed by atoms with Crippen LogP contribution in [0.5, 0.6) is 0 Å². The van der Waals surface area contributed by atoms with Crippen molar-refractivity contribution < 1.29 is 35.5 Å². The third kappa shape index (κ3) is 3.66. The second-order valence-corrected chi connectivity index (χ2v) is 3.23. The third-order valence-corrected chi connectivity index (χ3v) is 1.28. The van der Waals surface area contributed by atoms with Gasteiger partial charge in [-0.25, -0.2) is 4.39 Å². The van der Waals surface area contributed by atoms with Gasteiger partial charge in [0, 0.05) is 0 Å². The maximum atomic E-state index is 12.1. The van der Waals surface area contributed by atoms with E-state index >= 15 is 0 Å². The van der Waals surface area contributed by atoms with Crippen LogP contribution in [-0.4, -0.2) is 23.2 Å². The molecule has 1 atom stereocenters. The normalized spacial score (nSPS) is 16.9. The minimum atomic E-state index is -5.72. The number of hydrogen-bond acceptors (Lipinski definition) is 1. The Balaban J connectivity index is 4.53. The van der Waals surface area contributed by atoms with E-state index in [-0.39, 0.29) is 0 Å². The summed E-state index contributed by atoms with van der Waals surface area (Å²) in [6, 6.07) is 0. The molecule has 0 N–H and O–H groups in total. The van der Waals surface area contributed by atoms with Gasteiger partial charge >= 0.3 is 16.9 Å². The van der Waals surface area contributed by atoms with Gasteiger partial charge in [0.1, 0.15) is 0 Å². The molecule has 0 saturated carbocycles. The molecule has 0 radical (unpaired) electrons. The molecule has 1 nitrogen and oxygen atoms in total. The van der Waals surface area contributed by atoms with Gasteiger partial charge in [-0.15, -0.1) is 0 Å². The second-order valence-electron chi connectivity index (χ2n) is 1.99. The Morgan fingerprint density at radius 2 is 1.29 bits per heavy atom. The van der Waals surface area contributed by atoms with Crippen LogP contribution in [0.15, 0.2) is 0 Å². The van der Waals surface area contributed by atoms with Crippen LogP contribution >= 0.6 is 23.2 Å². The minimum Gasteiger partial charge on any atom is -0.272 e. The van der Waals surface area contributed by atoms with E-state index in [1.54, 1.807) is 0 Å². The summed E-state index contributed by atoms with van der Waals surface area (Å²) in [7, 11) is 0. The molecule has 0 bridgehead atoms. The molecule has 0 aliphatic carbocycles. The summed E-state index contributed by atoms with van der Waals surface area (Å²) in [5.41, 5.74) is 0. The molecule has 0 saturated heterocycles. The van der Waals surface area contributed by atoms with Gasteiger partial charge in [-0.3, -0.25) is 4.74 Å². The maximum Gasteiger partial charge on any atom is 0.445 e. The van der Waals surface area contributed by atoms with Crippen LogP contribution < -0.4 is 0 Å². The summed E-state index contributed by atoms with van der Waals surface area (Å²) in [4.78, 5) is 0. The van der Waals surface area contributed by atoms with E-state index in [9.17, 15) is 30.7 Å². The van der Waals surface area contributed by atoms with E-state index in [0.29, 0.717) is 0 Å². The monoisotopic (exact) mass is 268 g/mol. The lowest BCUT2D eigenvalue weighted by molar-refractivity contribution is -0.369. The summed E-state index contributed by atoms with van der Waals surface area (Å²) in [6.45, 7) is 0. The predicted octanol–water partition coefficient (Wildman–Crippen LogP) is 3.55. The van der Waals surface area contributed by atoms with Crippen molar-refractivity contribution in [2.24, 2.45) is 0 Å². The summed E-state index contributed by atoms with van der Waals surface area (Å²) < 4.78 is 80.0. The van der Waals surface area contributed by atoms with Crippen LogP contribution in [0.3, 0.4) is 0 Å². The van der Waals surface area contributed by atoms with Crippen molar-refractivity contribution in [3.63, 3.8) is 0 Å². The quantitative estimate of drug-likeness (QED) is 0.562. The number of ether oxygens (including phenoxy) is 1. The molecule has 0 spiro atoms. The van der Waals surface area contributed by atoms with Crippen molar-refractivity contribution in [1.82, 2.24) is 0 Å². The molecule has 0 amide bonds. The van der Waals surface area contributed by atoms with Crippen molar-refractivity contribution in [1.29, 1.82) is 0 Å². The van der Waals surface area contributed by atoms with Gasteiger partial charge in [0.25, 0.3) is 6.36 Å². The van der Waals surface area contributed by atoms with E-state index in [4.69, 9.17) is 0 Å². The molecule has 0 aromatic carbocycles. The highest BCUT2D eigenvalue weighted by atomic mass is 35.5. The molecule has 0 aromatic heterocycles. The Bertz CT molecular complexity index is 197. The Morgan fingerprint density at radius 3 is 1.50 bits per heavy atom. The van der Waals surface area contributed by atoms with E-state index in [2.05, 4.69) is 27.9 Å². The van der Waals surface area contributed by atoms with Crippen LogP contribution in [0.4, 0.5) is 30.7 Å². The molecule has 10 heteroatoms. The first-order valence-electron chi connectivity index (χ1n) is 2.71. The van der Waals surface area contributed by atoms with Crippen LogP contribution in [-0.2, 0) is 4.74 Å². The molecular formula is C4HCl2F7O. The summed E-state index contributed by atoms with van der Waals surface area (Å²) in [6.07, 6.45) is -15.4. The number of alkyl halides is 9. The molecule has 1 unspecified atom stereocenters. The molecule has 86 valence electrons. The molecule has 14 heavy (non-hydrogen) atoms. The van der Waals surface area contributed by atoms with Crippen molar-refractivity contribution in [2.75, 3.05) is 0 Å². The average molecular weight is 269 g/mol. The fourth-order valence-electron chi connectivity index (χ4n) is 0.264. The third-order valence-electron chi connectivity index (χ3n) is 0.839. The molecule has 0 heterocycles. The van der Waals surface area contributed by atoms with Gasteiger partial charge in [0.2, 0.25) is 0 Å². The molecule has 0 aliphatic heterocycles. The second kappa shape index (κ2) is 3.90. The lowest BCUT2D eigenvalue weighted by Crippen LogP contribution is -2.43. The first kappa shape index (κ1) is 14.1. The lowest BCUT2D eigenvalue weighted by atomic mass is 10.6. The molecule has 0 fully saturated rings. The zero-order valence-corrected chi connectivity index (χ0v) is 7.40. The summed E-state index contributed by atoms with van der Waals surface area (Å²) in [5.74, 6) is 0. The maximum absolute atomic E-state index is 12.1. The van der Waals surface area contributed by atoms with Crippen molar-refractivity contribution in [2.45, 2.75) is 23.2 Å². The van der Waals surface area contributed by atoms with Crippen molar-refractivity contribution in [3.8, 4) is 0 Å². The summed E-state index contributed by atoms with van der Waals surface area (Å²) >= 11 is 8.22. The minimum absolute atomic E-state index is 2.40. The predicted molar refractivity (Wildman–Crippen MR) is 32.5 cm³/mol. The standard InChI is InChI=1S/C4HCl2F7O/c5-3(6,11)4(12,13)14-1(7)2(8,9)10/h1H. The number of rotatable bonds is 3. The highest BCUT2D eigenvalue weighted by molar-refractivity contribution is 6.47.